The van der Waals surface area contributed by atoms with E-state index in [1.54, 1.807) is 0 Å². The van der Waals surface area contributed by atoms with E-state index in [1.165, 1.54) is 18.2 Å². The van der Waals surface area contributed by atoms with Gasteiger partial charge in [0.2, 0.25) is 5.91 Å². The molecule has 1 fully saturated rings. The molecule has 0 aromatic heterocycles. The lowest BCUT2D eigenvalue weighted by atomic mass is 10.2. The molecule has 1 amide bonds. The number of nitrogens with one attached hydrogen (secondary N) is 1. The highest BCUT2D eigenvalue weighted by atomic mass is 19.1. The maximum absolute atomic E-state index is 12.9. The molecule has 1 saturated heterocycles. The van der Waals surface area contributed by atoms with Crippen molar-refractivity contribution < 1.29 is 9.18 Å². The fraction of sp³-hybridized carbons (Fsp3) is 0.438. The summed E-state index contributed by atoms with van der Waals surface area (Å²) in [6.07, 6.45) is 2.23. The smallest absolute Gasteiger partial charge is 0.243 e. The minimum absolute atomic E-state index is 0.115. The largest absolute Gasteiger partial charge is 0.369 e. The minimum atomic E-state index is -0.195. The topological polar surface area (TPSA) is 35.6 Å². The maximum atomic E-state index is 12.9. The molecule has 0 bridgehead atoms. The first-order valence-electron chi connectivity index (χ1n) is 7.32. The minimum Gasteiger partial charge on any atom is -0.369 e. The third-order valence-electron chi connectivity index (χ3n) is 3.70. The number of carbonyl (C=O) groups is 1. The molecule has 2 rings (SSSR count). The molecule has 0 saturated carbocycles. The summed E-state index contributed by atoms with van der Waals surface area (Å²) in [5.41, 5.74) is 1.08. The Morgan fingerprint density at radius 3 is 2.52 bits per heavy atom. The normalized spacial score (nSPS) is 15.8. The lowest BCUT2D eigenvalue weighted by Gasteiger charge is -2.36. The number of piperazine rings is 1. The van der Waals surface area contributed by atoms with Gasteiger partial charge in [-0.3, -0.25) is 9.69 Å². The first-order chi connectivity index (χ1) is 10.2. The zero-order valence-electron chi connectivity index (χ0n) is 12.2. The summed E-state index contributed by atoms with van der Waals surface area (Å²) in [4.78, 5) is 15.7. The van der Waals surface area contributed by atoms with E-state index in [0.717, 1.165) is 44.8 Å². The van der Waals surface area contributed by atoms with Gasteiger partial charge in [-0.2, -0.15) is 0 Å². The summed E-state index contributed by atoms with van der Waals surface area (Å²) in [6.45, 7) is 8.97. The number of carbonyl (C=O) groups excluding carboxylic acids is 1. The molecule has 1 N–H and O–H groups in total. The Balaban J connectivity index is 1.67. The van der Waals surface area contributed by atoms with Crippen molar-refractivity contribution in [2.45, 2.75) is 6.42 Å². The number of hydrogen-bond donors (Lipinski definition) is 1. The molecule has 0 radical (unpaired) electrons. The van der Waals surface area contributed by atoms with Crippen molar-refractivity contribution in [2.75, 3.05) is 44.2 Å². The Hall–Kier alpha value is -1.88. The van der Waals surface area contributed by atoms with Crippen molar-refractivity contribution in [3.8, 4) is 0 Å². The first kappa shape index (κ1) is 15.5. The predicted octanol–water partition coefficient (Wildman–Crippen LogP) is 1.64. The number of anilines is 1. The number of amides is 1. The number of rotatable bonds is 6. The fourth-order valence-electron chi connectivity index (χ4n) is 2.47. The van der Waals surface area contributed by atoms with Gasteiger partial charge in [-0.05, 0) is 43.3 Å². The number of nitrogens with zero attached hydrogens (tertiary/aromatic N) is 2. The molecule has 4 nitrogen and oxygen atoms in total. The molecule has 1 aromatic rings. The summed E-state index contributed by atoms with van der Waals surface area (Å²) in [5, 5.41) is 2.78. The Morgan fingerprint density at radius 2 is 1.90 bits per heavy atom. The highest BCUT2D eigenvalue weighted by molar-refractivity contribution is 5.86. The second-order valence-corrected chi connectivity index (χ2v) is 5.15. The van der Waals surface area contributed by atoms with Crippen LogP contribution in [0.15, 0.2) is 36.9 Å². The molecular weight excluding hydrogens is 269 g/mol. The predicted molar refractivity (Wildman–Crippen MR) is 82.9 cm³/mol. The average molecular weight is 291 g/mol. The van der Waals surface area contributed by atoms with Gasteiger partial charge in [0.05, 0.1) is 0 Å². The number of benzene rings is 1. The molecule has 1 aromatic carbocycles. The van der Waals surface area contributed by atoms with E-state index in [9.17, 15) is 9.18 Å². The van der Waals surface area contributed by atoms with Crippen molar-refractivity contribution in [3.63, 3.8) is 0 Å². The molecule has 0 spiro atoms. The van der Waals surface area contributed by atoms with Crippen LogP contribution in [0, 0.1) is 5.82 Å². The second-order valence-electron chi connectivity index (χ2n) is 5.15. The molecular formula is C16H22FN3O. The first-order valence-corrected chi connectivity index (χ1v) is 7.32. The van der Waals surface area contributed by atoms with Crippen molar-refractivity contribution in [1.82, 2.24) is 10.2 Å². The SMILES string of the molecule is C=CC(=O)NCCCN1CCN(c2ccc(F)cc2)CC1. The van der Waals surface area contributed by atoms with Crippen LogP contribution in [0.5, 0.6) is 0 Å². The fourth-order valence-corrected chi connectivity index (χ4v) is 2.47. The quantitative estimate of drug-likeness (QED) is 0.639. The van der Waals surface area contributed by atoms with Gasteiger partial charge in [-0.25, -0.2) is 4.39 Å². The standard InChI is InChI=1S/C16H22FN3O/c1-2-16(21)18-8-3-9-19-10-12-20(13-11-19)15-6-4-14(17)5-7-15/h2,4-7H,1,3,8-13H2,(H,18,21). The average Bonchev–Trinajstić information content (AvgIpc) is 2.52. The molecule has 114 valence electrons. The highest BCUT2D eigenvalue weighted by Gasteiger charge is 2.16. The summed E-state index contributed by atoms with van der Waals surface area (Å²) in [6, 6.07) is 6.67. The van der Waals surface area contributed by atoms with Crippen LogP contribution in [-0.2, 0) is 4.79 Å². The number of hydrogen-bond acceptors (Lipinski definition) is 3. The molecule has 0 unspecified atom stereocenters. The van der Waals surface area contributed by atoms with Crippen LogP contribution in [0.1, 0.15) is 6.42 Å². The van der Waals surface area contributed by atoms with Gasteiger partial charge in [0, 0.05) is 38.4 Å². The molecule has 0 aliphatic carbocycles. The molecule has 0 atom stereocenters. The van der Waals surface area contributed by atoms with Gasteiger partial charge < -0.3 is 10.2 Å². The van der Waals surface area contributed by atoms with E-state index in [2.05, 4.69) is 21.7 Å². The Kier molecular flexibility index (Phi) is 5.75. The van der Waals surface area contributed by atoms with Crippen LogP contribution in [-0.4, -0.2) is 50.1 Å². The molecule has 1 aliphatic rings. The Labute approximate surface area is 125 Å². The highest BCUT2D eigenvalue weighted by Crippen LogP contribution is 2.16. The van der Waals surface area contributed by atoms with E-state index in [1.807, 2.05) is 12.1 Å². The molecule has 21 heavy (non-hydrogen) atoms. The van der Waals surface area contributed by atoms with Crippen LogP contribution in [0.3, 0.4) is 0 Å². The summed E-state index contributed by atoms with van der Waals surface area (Å²) in [5.74, 6) is -0.310. The Bertz CT molecular complexity index is 467. The maximum Gasteiger partial charge on any atom is 0.243 e. The molecule has 1 heterocycles. The van der Waals surface area contributed by atoms with Gasteiger partial charge >= 0.3 is 0 Å². The van der Waals surface area contributed by atoms with Gasteiger partial charge in [0.15, 0.2) is 0 Å². The van der Waals surface area contributed by atoms with Gasteiger partial charge in [-0.1, -0.05) is 6.58 Å². The van der Waals surface area contributed by atoms with Crippen LogP contribution in [0.4, 0.5) is 10.1 Å². The molecule has 1 aliphatic heterocycles. The van der Waals surface area contributed by atoms with Crippen LogP contribution < -0.4 is 10.2 Å². The Morgan fingerprint density at radius 1 is 1.24 bits per heavy atom. The molecule has 5 heteroatoms. The third-order valence-corrected chi connectivity index (χ3v) is 3.70. The van der Waals surface area contributed by atoms with Crippen LogP contribution in [0.2, 0.25) is 0 Å². The van der Waals surface area contributed by atoms with E-state index in [-0.39, 0.29) is 11.7 Å². The number of halogens is 1. The van der Waals surface area contributed by atoms with Gasteiger partial charge in [-0.15, -0.1) is 0 Å². The lowest BCUT2D eigenvalue weighted by molar-refractivity contribution is -0.116. The van der Waals surface area contributed by atoms with Gasteiger partial charge in [0.25, 0.3) is 0 Å². The summed E-state index contributed by atoms with van der Waals surface area (Å²) in [7, 11) is 0. The van der Waals surface area contributed by atoms with Crippen molar-refractivity contribution in [1.29, 1.82) is 0 Å². The van der Waals surface area contributed by atoms with Crippen molar-refractivity contribution in [3.05, 3.63) is 42.7 Å². The van der Waals surface area contributed by atoms with Gasteiger partial charge in [0.1, 0.15) is 5.82 Å². The summed E-state index contributed by atoms with van der Waals surface area (Å²) >= 11 is 0. The van der Waals surface area contributed by atoms with E-state index in [4.69, 9.17) is 0 Å². The zero-order chi connectivity index (χ0) is 15.1. The lowest BCUT2D eigenvalue weighted by Crippen LogP contribution is -2.47. The second kappa shape index (κ2) is 7.78. The zero-order valence-corrected chi connectivity index (χ0v) is 12.2. The van der Waals surface area contributed by atoms with E-state index >= 15 is 0 Å². The van der Waals surface area contributed by atoms with Crippen molar-refractivity contribution in [2.24, 2.45) is 0 Å². The van der Waals surface area contributed by atoms with E-state index in [0.29, 0.717) is 6.54 Å². The van der Waals surface area contributed by atoms with E-state index < -0.39 is 0 Å². The van der Waals surface area contributed by atoms with Crippen LogP contribution >= 0.6 is 0 Å². The monoisotopic (exact) mass is 291 g/mol. The van der Waals surface area contributed by atoms with Crippen molar-refractivity contribution >= 4 is 11.6 Å². The van der Waals surface area contributed by atoms with Crippen LogP contribution in [0.25, 0.3) is 0 Å². The summed E-state index contributed by atoms with van der Waals surface area (Å²) < 4.78 is 12.9. The third kappa shape index (κ3) is 4.86.